The number of thiazole rings is 1. The molecule has 8 nitrogen and oxygen atoms in total. The number of aliphatic hydroxyl groups is 1. The Hall–Kier alpha value is -2.91. The van der Waals surface area contributed by atoms with Gasteiger partial charge in [-0.3, -0.25) is 0 Å². The van der Waals surface area contributed by atoms with Gasteiger partial charge < -0.3 is 24.0 Å². The summed E-state index contributed by atoms with van der Waals surface area (Å²) in [5.41, 5.74) is 4.50. The molecule has 0 saturated heterocycles. The Bertz CT molecular complexity index is 1990. The fourth-order valence-corrected chi connectivity index (χ4v) is 9.40. The van der Waals surface area contributed by atoms with Gasteiger partial charge in [-0.2, -0.15) is 4.57 Å². The van der Waals surface area contributed by atoms with Gasteiger partial charge in [-0.05, 0) is 82.0 Å². The SMILES string of the molecule is CCN1/C(=C/C=C(/C=C/c2sc3cc(SC)c(OC)cc3[n+]2CC)CCCO)Sc2cc(SC)c(OC)cc21.Cc1ccc(S(=O)(=O)[O-])cc1. The van der Waals surface area contributed by atoms with E-state index in [0.717, 1.165) is 52.8 Å². The number of benzene rings is 3. The Balaban J connectivity index is 0.000000435. The first kappa shape index (κ1) is 39.9. The minimum atomic E-state index is -4.27. The number of hydrogen-bond donors (Lipinski definition) is 1. The fourth-order valence-electron chi connectivity index (χ4n) is 5.32. The lowest BCUT2D eigenvalue weighted by Gasteiger charge is -2.19. The summed E-state index contributed by atoms with van der Waals surface area (Å²) in [5.74, 6) is 1.83. The van der Waals surface area contributed by atoms with E-state index in [4.69, 9.17) is 9.47 Å². The zero-order valence-electron chi connectivity index (χ0n) is 29.4. The highest BCUT2D eigenvalue weighted by molar-refractivity contribution is 8.03. The van der Waals surface area contributed by atoms with Crippen molar-refractivity contribution in [1.82, 2.24) is 0 Å². The van der Waals surface area contributed by atoms with Gasteiger partial charge in [-0.1, -0.05) is 52.9 Å². The highest BCUT2D eigenvalue weighted by Gasteiger charge is 2.26. The topological polar surface area (TPSA) is 103 Å². The molecule has 5 rings (SSSR count). The standard InChI is InChI=1S/C30H37N2O3S4.C7H8O3S/c1-7-31-21-16-23(34-3)27(36-5)18-25(21)38-29(31)13-11-20(10-9-15-33)12-14-30-32(8-2)22-17-24(35-4)28(37-6)19-26(22)39-30;1-6-2-4-7(5-3-6)11(8,9)10/h11-14,16-19,33H,7-10,15H2,1-6H3;2-5H,1H3,(H,8,9,10)/q+1;/p-1. The molecule has 1 aliphatic heterocycles. The van der Waals surface area contributed by atoms with Gasteiger partial charge in [0, 0.05) is 30.2 Å². The lowest BCUT2D eigenvalue weighted by Crippen LogP contribution is -2.33. The average molecular weight is 773 g/mol. The summed E-state index contributed by atoms with van der Waals surface area (Å²) in [6.45, 7) is 8.11. The largest absolute Gasteiger partial charge is 0.744 e. The van der Waals surface area contributed by atoms with Crippen LogP contribution in [0.5, 0.6) is 11.5 Å². The van der Waals surface area contributed by atoms with E-state index in [9.17, 15) is 18.1 Å². The van der Waals surface area contributed by atoms with E-state index in [2.05, 4.69) is 84.4 Å². The molecule has 0 spiro atoms. The molecule has 1 aromatic heterocycles. The number of thioether (sulfide) groups is 3. The van der Waals surface area contributed by atoms with E-state index in [1.807, 2.05) is 6.92 Å². The predicted octanol–water partition coefficient (Wildman–Crippen LogP) is 8.75. The van der Waals surface area contributed by atoms with E-state index < -0.39 is 10.1 Å². The van der Waals surface area contributed by atoms with Crippen molar-refractivity contribution in [2.75, 3.05) is 44.8 Å². The first-order chi connectivity index (χ1) is 24.0. The zero-order valence-corrected chi connectivity index (χ0v) is 33.5. The van der Waals surface area contributed by atoms with Crippen LogP contribution in [0.25, 0.3) is 16.3 Å². The Labute approximate surface area is 313 Å². The Morgan fingerprint density at radius 3 is 2.26 bits per heavy atom. The van der Waals surface area contributed by atoms with Crippen LogP contribution in [-0.4, -0.2) is 58.0 Å². The number of nitrogens with zero attached hydrogens (tertiary/aromatic N) is 2. The van der Waals surface area contributed by atoms with Crippen LogP contribution in [-0.2, 0) is 16.7 Å². The van der Waals surface area contributed by atoms with Crippen LogP contribution < -0.4 is 18.9 Å². The third-order valence-electron chi connectivity index (χ3n) is 7.92. The van der Waals surface area contributed by atoms with Gasteiger partial charge in [0.25, 0.3) is 5.01 Å². The van der Waals surface area contributed by atoms with E-state index in [-0.39, 0.29) is 11.5 Å². The number of ether oxygens (including phenoxy) is 2. The van der Waals surface area contributed by atoms with Gasteiger partial charge in [0.15, 0.2) is 0 Å². The van der Waals surface area contributed by atoms with Gasteiger partial charge in [0.1, 0.15) is 32.9 Å². The fraction of sp³-hybridized carbons (Fsp3) is 0.324. The lowest BCUT2D eigenvalue weighted by molar-refractivity contribution is -0.665. The molecule has 0 radical (unpaired) electrons. The van der Waals surface area contributed by atoms with E-state index >= 15 is 0 Å². The summed E-state index contributed by atoms with van der Waals surface area (Å²) in [6, 6.07) is 14.5. The summed E-state index contributed by atoms with van der Waals surface area (Å²) in [5, 5.41) is 11.9. The number of hydrogen-bond acceptors (Lipinski definition) is 11. The second kappa shape index (κ2) is 18.5. The van der Waals surface area contributed by atoms with Crippen molar-refractivity contribution in [2.24, 2.45) is 0 Å². The number of fused-ring (bicyclic) bond motifs is 2. The van der Waals surface area contributed by atoms with Crippen molar-refractivity contribution in [3.05, 3.63) is 87.9 Å². The van der Waals surface area contributed by atoms with Gasteiger partial charge in [-0.25, -0.2) is 8.42 Å². The third kappa shape index (κ3) is 9.69. The number of methoxy groups -OCH3 is 2. The number of aryl methyl sites for hydroxylation is 2. The molecule has 0 saturated carbocycles. The van der Waals surface area contributed by atoms with Crippen LogP contribution in [0.1, 0.15) is 37.3 Å². The molecule has 0 bridgehead atoms. The summed E-state index contributed by atoms with van der Waals surface area (Å²) >= 11 is 7.01. The molecule has 2 heterocycles. The minimum Gasteiger partial charge on any atom is -0.744 e. The maximum absolute atomic E-state index is 10.4. The predicted molar refractivity (Wildman–Crippen MR) is 210 cm³/mol. The number of rotatable bonds is 13. The van der Waals surface area contributed by atoms with Crippen LogP contribution in [0, 0.1) is 6.92 Å². The molecule has 1 N–H and O–H groups in total. The van der Waals surface area contributed by atoms with Crippen molar-refractivity contribution in [1.29, 1.82) is 0 Å². The molecule has 268 valence electrons. The first-order valence-electron chi connectivity index (χ1n) is 16.0. The number of anilines is 1. The van der Waals surface area contributed by atoms with Crippen LogP contribution in [0.4, 0.5) is 5.69 Å². The van der Waals surface area contributed by atoms with Crippen LogP contribution in [0.2, 0.25) is 0 Å². The molecule has 0 amide bonds. The molecule has 0 atom stereocenters. The Kier molecular flexibility index (Phi) is 14.8. The van der Waals surface area contributed by atoms with Gasteiger partial charge >= 0.3 is 0 Å². The molecule has 3 aromatic carbocycles. The summed E-state index contributed by atoms with van der Waals surface area (Å²) in [6.07, 6.45) is 14.5. The van der Waals surface area contributed by atoms with E-state index in [0.29, 0.717) is 0 Å². The quantitative estimate of drug-likeness (QED) is 0.0614. The van der Waals surface area contributed by atoms with Crippen molar-refractivity contribution in [3.63, 3.8) is 0 Å². The molecule has 0 fully saturated rings. The Morgan fingerprint density at radius 2 is 1.68 bits per heavy atom. The second-order valence-electron chi connectivity index (χ2n) is 11.1. The molecule has 1 aliphatic rings. The number of aliphatic hydroxyl groups excluding tert-OH is 1. The monoisotopic (exact) mass is 772 g/mol. The zero-order chi connectivity index (χ0) is 36.4. The highest BCUT2D eigenvalue weighted by atomic mass is 32.2. The molecule has 50 heavy (non-hydrogen) atoms. The molecule has 0 unspecified atom stereocenters. The second-order valence-corrected chi connectivity index (χ2v) is 16.3. The summed E-state index contributed by atoms with van der Waals surface area (Å²) < 4.78 is 46.0. The third-order valence-corrected chi connectivity index (χ3v) is 12.5. The molecule has 4 aromatic rings. The molecular weight excluding hydrogens is 729 g/mol. The van der Waals surface area contributed by atoms with Crippen molar-refractivity contribution < 1.29 is 32.1 Å². The van der Waals surface area contributed by atoms with Gasteiger partial charge in [0.2, 0.25) is 5.52 Å². The van der Waals surface area contributed by atoms with Crippen molar-refractivity contribution in [3.8, 4) is 11.5 Å². The maximum Gasteiger partial charge on any atom is 0.262 e. The van der Waals surface area contributed by atoms with Crippen LogP contribution >= 0.6 is 46.6 Å². The molecule has 0 aliphatic carbocycles. The van der Waals surface area contributed by atoms with E-state index in [1.54, 1.807) is 73.0 Å². The van der Waals surface area contributed by atoms with Crippen LogP contribution in [0.3, 0.4) is 0 Å². The van der Waals surface area contributed by atoms with E-state index in [1.165, 1.54) is 48.5 Å². The normalized spacial score (nSPS) is 14.0. The Morgan fingerprint density at radius 1 is 1.02 bits per heavy atom. The minimum absolute atomic E-state index is 0.176. The average Bonchev–Trinajstić information content (AvgIpc) is 3.65. The molecular formula is C37H44N2O6S5. The number of aromatic nitrogens is 1. The van der Waals surface area contributed by atoms with Gasteiger partial charge in [0.05, 0.1) is 45.7 Å². The number of allylic oxidation sites excluding steroid dienone is 4. The van der Waals surface area contributed by atoms with Crippen molar-refractivity contribution >= 4 is 78.7 Å². The summed E-state index contributed by atoms with van der Waals surface area (Å²) in [7, 11) is -0.805. The van der Waals surface area contributed by atoms with Crippen LogP contribution in [0.15, 0.2) is 96.9 Å². The summed E-state index contributed by atoms with van der Waals surface area (Å²) in [4.78, 5) is 5.71. The first-order valence-corrected chi connectivity index (χ1v) is 21.5. The highest BCUT2D eigenvalue weighted by Crippen LogP contribution is 2.49. The van der Waals surface area contributed by atoms with Crippen molar-refractivity contribution in [2.45, 2.75) is 59.7 Å². The van der Waals surface area contributed by atoms with Gasteiger partial charge in [-0.15, -0.1) is 23.5 Å². The molecule has 13 heteroatoms. The smallest absolute Gasteiger partial charge is 0.262 e. The maximum atomic E-state index is 10.4. The lowest BCUT2D eigenvalue weighted by atomic mass is 10.1.